The topological polar surface area (TPSA) is 0 Å². The van der Waals surface area contributed by atoms with E-state index in [1.165, 1.54) is 0 Å². The number of hydrogen-bond donors (Lipinski definition) is 0. The van der Waals surface area contributed by atoms with Gasteiger partial charge in [0.15, 0.2) is 0 Å². The van der Waals surface area contributed by atoms with Crippen molar-refractivity contribution in [2.45, 2.75) is 0 Å². The summed E-state index contributed by atoms with van der Waals surface area (Å²) in [5.41, 5.74) is 0. The Morgan fingerprint density at radius 3 is 1.00 bits per heavy atom. The zero-order chi connectivity index (χ0) is 0. The van der Waals surface area contributed by atoms with Crippen LogP contribution < -0.4 is 0 Å². The molecule has 6 heteroatoms. The second kappa shape index (κ2) is 30.8. The van der Waals surface area contributed by atoms with Gasteiger partial charge < -0.3 is 0 Å². The fraction of sp³-hybridized carbons (Fsp3) is 0. The third-order valence-corrected chi connectivity index (χ3v) is 0. The van der Waals surface area contributed by atoms with Gasteiger partial charge in [-0.15, -0.1) is 0 Å². The third kappa shape index (κ3) is 22.6. The van der Waals surface area contributed by atoms with Crippen LogP contribution in [0.2, 0.25) is 0 Å². The first-order valence-electron chi connectivity index (χ1n) is 0. The monoisotopic (exact) mass is 217 g/mol. The van der Waals surface area contributed by atoms with E-state index in [0.29, 0.717) is 0 Å². The van der Waals surface area contributed by atoms with Gasteiger partial charge in [0.1, 0.15) is 0 Å². The van der Waals surface area contributed by atoms with Gasteiger partial charge in [-0.25, -0.2) is 0 Å². The summed E-state index contributed by atoms with van der Waals surface area (Å²) in [7, 11) is 0. The molecule has 0 aromatic rings. The average Bonchev–Trinajstić information content (AvgIpc) is 0. The standard InChI is InChI=1S/Al.Ca.K.Mg.Na.Zn. The zero-order valence-corrected chi connectivity index (χ0v) is 17.6. The van der Waals surface area contributed by atoms with Crippen LogP contribution in [-0.4, -0.2) is 159 Å². The van der Waals surface area contributed by atoms with Crippen LogP contribution in [0.3, 0.4) is 0 Å². The van der Waals surface area contributed by atoms with Crippen molar-refractivity contribution < 1.29 is 19.5 Å². The van der Waals surface area contributed by atoms with Gasteiger partial charge in [0, 0.05) is 179 Å². The van der Waals surface area contributed by atoms with Gasteiger partial charge in [-0.05, 0) is 0 Å². The summed E-state index contributed by atoms with van der Waals surface area (Å²) in [4.78, 5) is 0. The molecule has 0 rings (SSSR count). The molecule has 11 valence electrons. The van der Waals surface area contributed by atoms with E-state index in [1.54, 1.807) is 0 Å². The van der Waals surface area contributed by atoms with Crippen LogP contribution in [0.4, 0.5) is 0 Å². The average molecular weight is 219 g/mol. The molecule has 0 bridgehead atoms. The second-order valence-electron chi connectivity index (χ2n) is 0. The molecule has 0 amide bonds. The Hall–Kier alpha value is 5.82. The van der Waals surface area contributed by atoms with E-state index in [9.17, 15) is 0 Å². The molecule has 0 saturated heterocycles. The van der Waals surface area contributed by atoms with Crippen molar-refractivity contribution in [3.8, 4) is 0 Å². The summed E-state index contributed by atoms with van der Waals surface area (Å²) in [6, 6.07) is 0. The van der Waals surface area contributed by atoms with Crippen molar-refractivity contribution in [1.29, 1.82) is 0 Å². The van der Waals surface area contributed by atoms with Crippen molar-refractivity contribution >= 4 is 159 Å². The van der Waals surface area contributed by atoms with E-state index in [4.69, 9.17) is 0 Å². The Kier molecular flexibility index (Phi) is 210. The van der Waals surface area contributed by atoms with E-state index in [-0.39, 0.29) is 179 Å². The van der Waals surface area contributed by atoms with Gasteiger partial charge in [-0.1, -0.05) is 0 Å². The fourth-order valence-electron chi connectivity index (χ4n) is 0. The molecule has 9 radical (unpaired) electrons. The van der Waals surface area contributed by atoms with Crippen LogP contribution in [0, 0.1) is 0 Å². The summed E-state index contributed by atoms with van der Waals surface area (Å²) >= 11 is 0. The van der Waals surface area contributed by atoms with Crippen molar-refractivity contribution in [3.05, 3.63) is 0 Å². The molecule has 0 aliphatic rings. The Morgan fingerprint density at radius 2 is 1.00 bits per heavy atom. The molecule has 0 spiro atoms. The van der Waals surface area contributed by atoms with Gasteiger partial charge in [0.05, 0.1) is 0 Å². The summed E-state index contributed by atoms with van der Waals surface area (Å²) in [5, 5.41) is 0. The molecule has 0 heterocycles. The molecular weight excluding hydrogens is 219 g/mol. The Balaban J connectivity index is 0. The van der Waals surface area contributed by atoms with Gasteiger partial charge in [0.25, 0.3) is 0 Å². The minimum atomic E-state index is 0. The van der Waals surface area contributed by atoms with Gasteiger partial charge in [-0.2, -0.15) is 0 Å². The maximum atomic E-state index is 0. The minimum Gasteiger partial charge on any atom is 0 e. The first kappa shape index (κ1) is 40.9. The van der Waals surface area contributed by atoms with E-state index in [0.717, 1.165) is 0 Å². The second-order valence-corrected chi connectivity index (χ2v) is 0. The van der Waals surface area contributed by atoms with E-state index in [2.05, 4.69) is 0 Å². The maximum absolute atomic E-state index is 0. The largest absolute Gasteiger partial charge is 0 e. The molecule has 0 fully saturated rings. The summed E-state index contributed by atoms with van der Waals surface area (Å²) < 4.78 is 0. The summed E-state index contributed by atoms with van der Waals surface area (Å²) in [6.45, 7) is 0. The molecular formula is AlCaKMgNaZn. The first-order valence-corrected chi connectivity index (χ1v) is 0. The van der Waals surface area contributed by atoms with Gasteiger partial charge in [0.2, 0.25) is 0 Å². The minimum absolute atomic E-state index is 0. The van der Waals surface area contributed by atoms with Crippen LogP contribution in [0.15, 0.2) is 0 Å². The van der Waals surface area contributed by atoms with Crippen molar-refractivity contribution in [2.75, 3.05) is 0 Å². The van der Waals surface area contributed by atoms with Crippen LogP contribution >= 0.6 is 0 Å². The molecule has 0 unspecified atom stereocenters. The maximum Gasteiger partial charge on any atom is 0 e. The predicted molar refractivity (Wildman–Crippen MR) is 28.8 cm³/mol. The molecule has 0 N–H and O–H groups in total. The van der Waals surface area contributed by atoms with Crippen molar-refractivity contribution in [2.24, 2.45) is 0 Å². The normalized spacial score (nSPS) is 0. The molecule has 0 atom stereocenters. The number of rotatable bonds is 0. The zero-order valence-electron chi connectivity index (χ0n) is 4.70. The molecule has 0 aliphatic heterocycles. The molecule has 0 aromatic carbocycles. The molecule has 0 saturated carbocycles. The Bertz CT molecular complexity index is 15.5. The van der Waals surface area contributed by atoms with Gasteiger partial charge >= 0.3 is 0 Å². The van der Waals surface area contributed by atoms with E-state index < -0.39 is 0 Å². The van der Waals surface area contributed by atoms with E-state index >= 15 is 0 Å². The molecule has 0 aromatic heterocycles. The SMILES string of the molecule is [Al].[Ca].[K].[Mg].[Na].[Zn]. The summed E-state index contributed by atoms with van der Waals surface area (Å²) in [6.07, 6.45) is 0. The van der Waals surface area contributed by atoms with Crippen molar-refractivity contribution in [3.63, 3.8) is 0 Å². The van der Waals surface area contributed by atoms with Crippen LogP contribution in [0.25, 0.3) is 0 Å². The Morgan fingerprint density at radius 1 is 1.00 bits per heavy atom. The molecule has 0 nitrogen and oxygen atoms in total. The summed E-state index contributed by atoms with van der Waals surface area (Å²) in [5.74, 6) is 0. The van der Waals surface area contributed by atoms with Crippen LogP contribution in [-0.2, 0) is 19.5 Å². The molecule has 0 aliphatic carbocycles. The number of hydrogen-bond acceptors (Lipinski definition) is 0. The van der Waals surface area contributed by atoms with Crippen LogP contribution in [0.1, 0.15) is 0 Å². The quantitative estimate of drug-likeness (QED) is 0.417. The van der Waals surface area contributed by atoms with Crippen LogP contribution in [0.5, 0.6) is 0 Å². The fourth-order valence-corrected chi connectivity index (χ4v) is 0. The van der Waals surface area contributed by atoms with Gasteiger partial charge in [-0.3, -0.25) is 0 Å². The third-order valence-electron chi connectivity index (χ3n) is 0. The van der Waals surface area contributed by atoms with Crippen molar-refractivity contribution in [1.82, 2.24) is 0 Å². The van der Waals surface area contributed by atoms with E-state index in [1.807, 2.05) is 0 Å². The predicted octanol–water partition coefficient (Wildman–Crippen LogP) is -1.91. The Labute approximate surface area is 173 Å². The smallest absolute Gasteiger partial charge is 0 e. The first-order chi connectivity index (χ1) is 0. The molecule has 6 heavy (non-hydrogen) atoms.